The van der Waals surface area contributed by atoms with E-state index in [9.17, 15) is 19.7 Å². The van der Waals surface area contributed by atoms with E-state index < -0.39 is 4.92 Å². The molecule has 2 heterocycles. The maximum absolute atomic E-state index is 13.0. The fourth-order valence-corrected chi connectivity index (χ4v) is 3.74. The smallest absolute Gasteiger partial charge is 0.293 e. The Morgan fingerprint density at radius 3 is 2.45 bits per heavy atom. The molecule has 3 rings (SSSR count). The molecule has 2 aromatic rings. The average molecular weight is 455 g/mol. The Hall–Kier alpha value is -3.53. The van der Waals surface area contributed by atoms with Crippen LogP contribution in [0.5, 0.6) is 0 Å². The summed E-state index contributed by atoms with van der Waals surface area (Å²) in [6.45, 7) is 8.03. The van der Waals surface area contributed by atoms with Crippen LogP contribution in [0.3, 0.4) is 0 Å². The summed E-state index contributed by atoms with van der Waals surface area (Å²) in [7, 11) is 0. The van der Waals surface area contributed by atoms with E-state index >= 15 is 0 Å². The minimum absolute atomic E-state index is 0.0385. The number of pyridine rings is 1. The Kier molecular flexibility index (Phi) is 7.94. The lowest BCUT2D eigenvalue weighted by molar-refractivity contribution is -0.384. The summed E-state index contributed by atoms with van der Waals surface area (Å²) in [6, 6.07) is 9.83. The maximum Gasteiger partial charge on any atom is 0.293 e. The van der Waals surface area contributed by atoms with Gasteiger partial charge in [0.1, 0.15) is 5.69 Å². The number of anilines is 1. The highest BCUT2D eigenvalue weighted by Gasteiger charge is 2.26. The number of carbonyl (C=O) groups excluding carboxylic acids is 2. The summed E-state index contributed by atoms with van der Waals surface area (Å²) in [5, 5.41) is 17.7. The summed E-state index contributed by atoms with van der Waals surface area (Å²) in [5.74, 6) is -0.294. The first kappa shape index (κ1) is 24.1. The number of piperazine rings is 1. The van der Waals surface area contributed by atoms with Gasteiger partial charge < -0.3 is 15.5 Å². The first-order valence-electron chi connectivity index (χ1n) is 11.0. The first-order chi connectivity index (χ1) is 15.7. The second-order valence-corrected chi connectivity index (χ2v) is 8.40. The van der Waals surface area contributed by atoms with Crippen LogP contribution in [0.15, 0.2) is 42.6 Å². The predicted molar refractivity (Wildman–Crippen MR) is 125 cm³/mol. The summed E-state index contributed by atoms with van der Waals surface area (Å²) >= 11 is 0. The van der Waals surface area contributed by atoms with Crippen molar-refractivity contribution in [2.24, 2.45) is 0 Å². The van der Waals surface area contributed by atoms with Gasteiger partial charge in [-0.1, -0.05) is 6.07 Å². The monoisotopic (exact) mass is 454 g/mol. The van der Waals surface area contributed by atoms with Crippen molar-refractivity contribution in [1.82, 2.24) is 20.1 Å². The second-order valence-electron chi connectivity index (χ2n) is 8.40. The topological polar surface area (TPSA) is 121 Å². The van der Waals surface area contributed by atoms with E-state index in [-0.39, 0.29) is 35.1 Å². The molecule has 1 aromatic carbocycles. The summed E-state index contributed by atoms with van der Waals surface area (Å²) in [4.78, 5) is 44.1. The molecule has 1 aliphatic heterocycles. The lowest BCUT2D eigenvalue weighted by Gasteiger charge is -2.34. The van der Waals surface area contributed by atoms with E-state index in [1.54, 1.807) is 29.3 Å². The average Bonchev–Trinajstić information content (AvgIpc) is 2.79. The van der Waals surface area contributed by atoms with Crippen LogP contribution in [0.25, 0.3) is 0 Å². The standard InChI is InChI=1S/C23H30N6O4/c1-16(2)25-22(30)15-27-10-12-28(13-11-27)23(31)18-7-8-20(21(14-18)29(32)33)26-17(3)19-6-4-5-9-24-19/h4-9,14,16-17,26H,10-13,15H2,1-3H3,(H,25,30). The van der Waals surface area contributed by atoms with Crippen molar-refractivity contribution in [2.75, 3.05) is 38.0 Å². The number of nitro benzene ring substituents is 1. The molecule has 1 aliphatic rings. The maximum atomic E-state index is 13.0. The number of nitro groups is 1. The fraction of sp³-hybridized carbons (Fsp3) is 0.435. The van der Waals surface area contributed by atoms with E-state index in [1.807, 2.05) is 37.8 Å². The zero-order valence-corrected chi connectivity index (χ0v) is 19.2. The van der Waals surface area contributed by atoms with E-state index in [1.165, 1.54) is 6.07 Å². The Bertz CT molecular complexity index is 990. The van der Waals surface area contributed by atoms with Crippen molar-refractivity contribution < 1.29 is 14.5 Å². The number of amides is 2. The predicted octanol–water partition coefficient (Wildman–Crippen LogP) is 2.45. The van der Waals surface area contributed by atoms with Crippen molar-refractivity contribution in [1.29, 1.82) is 0 Å². The highest BCUT2D eigenvalue weighted by atomic mass is 16.6. The molecular formula is C23H30N6O4. The highest BCUT2D eigenvalue weighted by molar-refractivity contribution is 5.96. The van der Waals surface area contributed by atoms with Crippen molar-refractivity contribution >= 4 is 23.2 Å². The quantitative estimate of drug-likeness (QED) is 0.464. The number of hydrogen-bond donors (Lipinski definition) is 2. The van der Waals surface area contributed by atoms with E-state index in [0.717, 1.165) is 5.69 Å². The molecule has 0 aliphatic carbocycles. The zero-order valence-electron chi connectivity index (χ0n) is 19.2. The number of nitrogens with one attached hydrogen (secondary N) is 2. The fourth-order valence-electron chi connectivity index (χ4n) is 3.74. The minimum Gasteiger partial charge on any atom is -0.371 e. The molecule has 10 nitrogen and oxygen atoms in total. The summed E-state index contributed by atoms with van der Waals surface area (Å²) in [5.41, 5.74) is 1.19. The van der Waals surface area contributed by atoms with Crippen LogP contribution in [0.1, 0.15) is 42.9 Å². The number of benzene rings is 1. The Labute approximate surface area is 193 Å². The van der Waals surface area contributed by atoms with Gasteiger partial charge in [0, 0.05) is 50.0 Å². The van der Waals surface area contributed by atoms with Crippen LogP contribution in [0, 0.1) is 10.1 Å². The molecule has 10 heteroatoms. The van der Waals surface area contributed by atoms with Crippen LogP contribution in [0.4, 0.5) is 11.4 Å². The van der Waals surface area contributed by atoms with Gasteiger partial charge in [-0.05, 0) is 45.0 Å². The lowest BCUT2D eigenvalue weighted by atomic mass is 10.1. The Morgan fingerprint density at radius 2 is 1.85 bits per heavy atom. The van der Waals surface area contributed by atoms with Crippen molar-refractivity contribution in [3.63, 3.8) is 0 Å². The molecule has 0 radical (unpaired) electrons. The molecule has 1 fully saturated rings. The van der Waals surface area contributed by atoms with Gasteiger partial charge in [0.2, 0.25) is 5.91 Å². The van der Waals surface area contributed by atoms with Gasteiger partial charge in [0.25, 0.3) is 11.6 Å². The molecule has 176 valence electrons. The number of hydrogen-bond acceptors (Lipinski definition) is 7. The molecule has 2 amide bonds. The normalized spacial score (nSPS) is 15.2. The number of rotatable bonds is 8. The van der Waals surface area contributed by atoms with Crippen molar-refractivity contribution in [3.8, 4) is 0 Å². The Morgan fingerprint density at radius 1 is 1.12 bits per heavy atom. The summed E-state index contributed by atoms with van der Waals surface area (Å²) < 4.78 is 0. The molecule has 2 N–H and O–H groups in total. The van der Waals surface area contributed by atoms with Gasteiger partial charge in [-0.25, -0.2) is 0 Å². The first-order valence-corrected chi connectivity index (χ1v) is 11.0. The van der Waals surface area contributed by atoms with Crippen LogP contribution in [0.2, 0.25) is 0 Å². The number of nitrogens with zero attached hydrogens (tertiary/aromatic N) is 4. The van der Waals surface area contributed by atoms with Crippen LogP contribution >= 0.6 is 0 Å². The number of aromatic nitrogens is 1. The third-order valence-electron chi connectivity index (χ3n) is 5.42. The third-order valence-corrected chi connectivity index (χ3v) is 5.42. The van der Waals surface area contributed by atoms with Crippen LogP contribution < -0.4 is 10.6 Å². The van der Waals surface area contributed by atoms with Crippen LogP contribution in [-0.2, 0) is 4.79 Å². The molecule has 1 unspecified atom stereocenters. The van der Waals surface area contributed by atoms with E-state index in [0.29, 0.717) is 38.4 Å². The SMILES string of the molecule is CC(C)NC(=O)CN1CCN(C(=O)c2ccc(NC(C)c3ccccn3)c([N+](=O)[O-])c2)CC1. The molecule has 0 spiro atoms. The minimum atomic E-state index is -0.491. The molecule has 1 saturated heterocycles. The van der Waals surface area contributed by atoms with E-state index in [4.69, 9.17) is 0 Å². The van der Waals surface area contributed by atoms with Gasteiger partial charge in [-0.2, -0.15) is 0 Å². The molecule has 0 saturated carbocycles. The van der Waals surface area contributed by atoms with Gasteiger partial charge in [0.15, 0.2) is 0 Å². The molecule has 1 aromatic heterocycles. The second kappa shape index (κ2) is 10.9. The zero-order chi connectivity index (χ0) is 24.0. The lowest BCUT2D eigenvalue weighted by Crippen LogP contribution is -2.51. The highest BCUT2D eigenvalue weighted by Crippen LogP contribution is 2.29. The Balaban J connectivity index is 1.65. The van der Waals surface area contributed by atoms with Crippen LogP contribution in [-0.4, -0.2) is 70.3 Å². The van der Waals surface area contributed by atoms with Gasteiger partial charge in [0.05, 0.1) is 23.2 Å². The van der Waals surface area contributed by atoms with Gasteiger partial charge >= 0.3 is 0 Å². The van der Waals surface area contributed by atoms with Gasteiger partial charge in [-0.15, -0.1) is 0 Å². The molecule has 33 heavy (non-hydrogen) atoms. The van der Waals surface area contributed by atoms with Gasteiger partial charge in [-0.3, -0.25) is 29.6 Å². The van der Waals surface area contributed by atoms with Crippen molar-refractivity contribution in [2.45, 2.75) is 32.9 Å². The molecular weight excluding hydrogens is 424 g/mol. The third kappa shape index (κ3) is 6.48. The molecule has 1 atom stereocenters. The number of carbonyl (C=O) groups is 2. The van der Waals surface area contributed by atoms with E-state index in [2.05, 4.69) is 15.6 Å². The van der Waals surface area contributed by atoms with Crippen molar-refractivity contribution in [3.05, 3.63) is 64.0 Å². The molecule has 0 bridgehead atoms. The summed E-state index contributed by atoms with van der Waals surface area (Å²) in [6.07, 6.45) is 1.67. The largest absolute Gasteiger partial charge is 0.371 e.